The highest BCUT2D eigenvalue weighted by Crippen LogP contribution is 2.24. The molecule has 0 radical (unpaired) electrons. The van der Waals surface area contributed by atoms with E-state index in [0.717, 1.165) is 24.5 Å². The zero-order chi connectivity index (χ0) is 22.8. The van der Waals surface area contributed by atoms with E-state index < -0.39 is 0 Å². The number of nitrogens with zero attached hydrogens (tertiary/aromatic N) is 4. The fourth-order valence-corrected chi connectivity index (χ4v) is 3.88. The normalized spacial score (nSPS) is 14.8. The first-order chi connectivity index (χ1) is 14.6. The Bertz CT molecular complexity index is 940. The number of aromatic nitrogens is 2. The highest BCUT2D eigenvalue weighted by molar-refractivity contribution is 6.30. The second-order valence-electron chi connectivity index (χ2n) is 9.22. The van der Waals surface area contributed by atoms with Crippen LogP contribution in [0.1, 0.15) is 56.7 Å². The van der Waals surface area contributed by atoms with Crippen molar-refractivity contribution in [2.75, 3.05) is 37.6 Å². The molecule has 1 fully saturated rings. The fraction of sp³-hybridized carbons (Fsp3) is 0.522. The van der Waals surface area contributed by atoms with Gasteiger partial charge < -0.3 is 15.1 Å². The molecular formula is C23H32ClN5O2. The maximum absolute atomic E-state index is 12.6. The predicted octanol–water partition coefficient (Wildman–Crippen LogP) is 3.49. The molecular weight excluding hydrogens is 414 g/mol. The standard InChI is InChI=1S/C23H32ClN5O2/c1-16(2)20-14-19(26-29(20)23(3,4)5)22(31)25-15-21(30)28-11-9-27(10-12-28)18-8-6-7-17(24)13-18/h6-8,13-14,16H,9-12,15H2,1-5H3,(H,25,31). The van der Waals surface area contributed by atoms with Crippen LogP contribution in [0.4, 0.5) is 5.69 Å². The van der Waals surface area contributed by atoms with Crippen molar-refractivity contribution >= 4 is 29.1 Å². The first-order valence-electron chi connectivity index (χ1n) is 10.7. The summed E-state index contributed by atoms with van der Waals surface area (Å²) < 4.78 is 1.89. The number of piperazine rings is 1. The Morgan fingerprint density at radius 1 is 1.13 bits per heavy atom. The number of rotatable bonds is 5. The molecule has 0 spiro atoms. The molecule has 1 aliphatic heterocycles. The Hall–Kier alpha value is -2.54. The molecule has 0 atom stereocenters. The summed E-state index contributed by atoms with van der Waals surface area (Å²) in [6, 6.07) is 9.55. The first kappa shape index (κ1) is 23.1. The van der Waals surface area contributed by atoms with Crippen molar-refractivity contribution in [1.29, 1.82) is 0 Å². The molecule has 0 unspecified atom stereocenters. The minimum absolute atomic E-state index is 0.0324. The van der Waals surface area contributed by atoms with Crippen LogP contribution in [-0.4, -0.2) is 59.2 Å². The summed E-state index contributed by atoms with van der Waals surface area (Å²) in [5, 5.41) is 7.95. The molecule has 8 heteroatoms. The molecule has 0 saturated carbocycles. The van der Waals surface area contributed by atoms with E-state index in [-0.39, 0.29) is 29.8 Å². The minimum atomic E-state index is -0.323. The van der Waals surface area contributed by atoms with Crippen molar-refractivity contribution in [1.82, 2.24) is 20.0 Å². The zero-order valence-corrected chi connectivity index (χ0v) is 19.7. The average Bonchev–Trinajstić information content (AvgIpc) is 3.18. The summed E-state index contributed by atoms with van der Waals surface area (Å²) >= 11 is 6.08. The van der Waals surface area contributed by atoms with Gasteiger partial charge in [-0.3, -0.25) is 14.3 Å². The second-order valence-corrected chi connectivity index (χ2v) is 9.66. The van der Waals surface area contributed by atoms with Gasteiger partial charge in [0.1, 0.15) is 5.69 Å². The van der Waals surface area contributed by atoms with Gasteiger partial charge in [0.05, 0.1) is 12.1 Å². The molecule has 1 aromatic heterocycles. The van der Waals surface area contributed by atoms with Crippen molar-refractivity contribution in [3.05, 3.63) is 46.7 Å². The summed E-state index contributed by atoms with van der Waals surface area (Å²) in [4.78, 5) is 29.2. The molecule has 1 saturated heterocycles. The fourth-order valence-electron chi connectivity index (χ4n) is 3.70. The molecule has 0 aliphatic carbocycles. The van der Waals surface area contributed by atoms with Crippen LogP contribution in [0.5, 0.6) is 0 Å². The molecule has 2 heterocycles. The van der Waals surface area contributed by atoms with Crippen LogP contribution in [0, 0.1) is 0 Å². The summed E-state index contributed by atoms with van der Waals surface area (Å²) in [7, 11) is 0. The quantitative estimate of drug-likeness (QED) is 0.764. The molecule has 1 aromatic carbocycles. The summed E-state index contributed by atoms with van der Waals surface area (Å²) in [5.74, 6) is -0.167. The average molecular weight is 446 g/mol. The third kappa shape index (κ3) is 5.58. The van der Waals surface area contributed by atoms with Crippen molar-refractivity contribution in [3.8, 4) is 0 Å². The van der Waals surface area contributed by atoms with Crippen molar-refractivity contribution in [3.63, 3.8) is 0 Å². The molecule has 7 nitrogen and oxygen atoms in total. The van der Waals surface area contributed by atoms with E-state index in [1.54, 1.807) is 4.90 Å². The number of benzene rings is 1. The maximum atomic E-state index is 12.6. The highest BCUT2D eigenvalue weighted by atomic mass is 35.5. The number of amides is 2. The van der Waals surface area contributed by atoms with Gasteiger partial charge in [0.2, 0.25) is 5.91 Å². The van der Waals surface area contributed by atoms with E-state index in [1.165, 1.54) is 0 Å². The monoisotopic (exact) mass is 445 g/mol. The van der Waals surface area contributed by atoms with Crippen molar-refractivity contribution < 1.29 is 9.59 Å². The molecule has 3 rings (SSSR count). The van der Waals surface area contributed by atoms with Gasteiger partial charge in [-0.15, -0.1) is 0 Å². The van der Waals surface area contributed by atoms with Gasteiger partial charge in [-0.25, -0.2) is 0 Å². The summed E-state index contributed by atoms with van der Waals surface area (Å²) in [5.41, 5.74) is 2.18. The predicted molar refractivity (Wildman–Crippen MR) is 124 cm³/mol. The number of carbonyl (C=O) groups excluding carboxylic acids is 2. The number of hydrogen-bond donors (Lipinski definition) is 1. The zero-order valence-electron chi connectivity index (χ0n) is 19.0. The van der Waals surface area contributed by atoms with E-state index in [1.807, 2.05) is 35.0 Å². The number of nitrogens with one attached hydrogen (secondary N) is 1. The van der Waals surface area contributed by atoms with Crippen LogP contribution in [0.25, 0.3) is 0 Å². The van der Waals surface area contributed by atoms with Crippen LogP contribution in [0.2, 0.25) is 5.02 Å². The molecule has 1 aliphatic rings. The van der Waals surface area contributed by atoms with E-state index in [9.17, 15) is 9.59 Å². The van der Waals surface area contributed by atoms with E-state index in [4.69, 9.17) is 11.6 Å². The number of carbonyl (C=O) groups is 2. The lowest BCUT2D eigenvalue weighted by atomic mass is 10.1. The van der Waals surface area contributed by atoms with Crippen LogP contribution in [0.3, 0.4) is 0 Å². The maximum Gasteiger partial charge on any atom is 0.272 e. The number of anilines is 1. The first-order valence-corrected chi connectivity index (χ1v) is 11.1. The van der Waals surface area contributed by atoms with Crippen molar-refractivity contribution in [2.24, 2.45) is 0 Å². The second kappa shape index (κ2) is 9.30. The Morgan fingerprint density at radius 2 is 1.81 bits per heavy atom. The minimum Gasteiger partial charge on any atom is -0.368 e. The molecule has 0 bridgehead atoms. The van der Waals surface area contributed by atoms with E-state index in [0.29, 0.717) is 23.8 Å². The van der Waals surface area contributed by atoms with Crippen LogP contribution >= 0.6 is 11.6 Å². The van der Waals surface area contributed by atoms with Crippen LogP contribution in [-0.2, 0) is 10.3 Å². The lowest BCUT2D eigenvalue weighted by Gasteiger charge is -2.36. The van der Waals surface area contributed by atoms with Gasteiger partial charge in [-0.2, -0.15) is 5.10 Å². The van der Waals surface area contributed by atoms with Gasteiger partial charge in [0.15, 0.2) is 0 Å². The van der Waals surface area contributed by atoms with E-state index >= 15 is 0 Å². The Labute approximate surface area is 189 Å². The lowest BCUT2D eigenvalue weighted by Crippen LogP contribution is -2.51. The smallest absolute Gasteiger partial charge is 0.272 e. The van der Waals surface area contributed by atoms with Crippen LogP contribution in [0.15, 0.2) is 30.3 Å². The van der Waals surface area contributed by atoms with Crippen LogP contribution < -0.4 is 10.2 Å². The van der Waals surface area contributed by atoms with E-state index in [2.05, 4.69) is 49.9 Å². The summed E-state index contributed by atoms with van der Waals surface area (Å²) in [6.45, 7) is 13.0. The number of hydrogen-bond acceptors (Lipinski definition) is 4. The molecule has 168 valence electrons. The Kier molecular flexibility index (Phi) is 6.94. The topological polar surface area (TPSA) is 70.5 Å². The van der Waals surface area contributed by atoms with Crippen molar-refractivity contribution in [2.45, 2.75) is 46.1 Å². The molecule has 2 amide bonds. The van der Waals surface area contributed by atoms with Gasteiger partial charge in [-0.1, -0.05) is 31.5 Å². The van der Waals surface area contributed by atoms with Gasteiger partial charge in [0, 0.05) is 42.6 Å². The molecule has 1 N–H and O–H groups in total. The highest BCUT2D eigenvalue weighted by Gasteiger charge is 2.25. The molecule has 2 aromatic rings. The van der Waals surface area contributed by atoms with Gasteiger partial charge in [0.25, 0.3) is 5.91 Å². The SMILES string of the molecule is CC(C)c1cc(C(=O)NCC(=O)N2CCN(c3cccc(Cl)c3)CC2)nn1C(C)(C)C. The van der Waals surface area contributed by atoms with Gasteiger partial charge >= 0.3 is 0 Å². The Morgan fingerprint density at radius 3 is 2.35 bits per heavy atom. The third-order valence-electron chi connectivity index (χ3n) is 5.40. The summed E-state index contributed by atoms with van der Waals surface area (Å²) in [6.07, 6.45) is 0. The molecule has 31 heavy (non-hydrogen) atoms. The largest absolute Gasteiger partial charge is 0.368 e. The third-order valence-corrected chi connectivity index (χ3v) is 5.64. The van der Waals surface area contributed by atoms with Gasteiger partial charge in [-0.05, 0) is 51.0 Å². The lowest BCUT2D eigenvalue weighted by molar-refractivity contribution is -0.130. The Balaban J connectivity index is 1.55. The number of halogens is 1.